The van der Waals surface area contributed by atoms with Crippen LogP contribution in [0.3, 0.4) is 0 Å². The van der Waals surface area contributed by atoms with E-state index in [1.54, 1.807) is 31.4 Å². The third-order valence-corrected chi connectivity index (χ3v) is 3.13. The number of ether oxygens (including phenoxy) is 2. The molecule has 0 spiro atoms. The maximum absolute atomic E-state index is 12.1. The lowest BCUT2D eigenvalue weighted by atomic mass is 10.1. The molecule has 0 fully saturated rings. The zero-order valence-corrected chi connectivity index (χ0v) is 13.1. The molecule has 0 aliphatic rings. The highest BCUT2D eigenvalue weighted by molar-refractivity contribution is 5.98. The number of methoxy groups -OCH3 is 2. The first-order chi connectivity index (χ1) is 11.5. The van der Waals surface area contributed by atoms with E-state index in [0.717, 1.165) is 11.6 Å². The van der Waals surface area contributed by atoms with Gasteiger partial charge in [0.1, 0.15) is 11.5 Å². The van der Waals surface area contributed by atoms with E-state index in [2.05, 4.69) is 10.5 Å². The van der Waals surface area contributed by atoms with Gasteiger partial charge >= 0.3 is 0 Å². The average Bonchev–Trinajstić information content (AvgIpc) is 2.61. The van der Waals surface area contributed by atoms with Gasteiger partial charge in [0.25, 0.3) is 11.6 Å². The van der Waals surface area contributed by atoms with Crippen LogP contribution in [0.5, 0.6) is 11.5 Å². The second-order valence-electron chi connectivity index (χ2n) is 4.61. The number of nitro benzene ring substituents is 1. The van der Waals surface area contributed by atoms with Crippen molar-refractivity contribution in [2.75, 3.05) is 14.2 Å². The first kappa shape index (κ1) is 16.9. The zero-order valence-electron chi connectivity index (χ0n) is 13.1. The van der Waals surface area contributed by atoms with Crippen LogP contribution in [-0.2, 0) is 0 Å². The Morgan fingerprint density at radius 1 is 1.17 bits per heavy atom. The number of rotatable bonds is 6. The predicted molar refractivity (Wildman–Crippen MR) is 87.7 cm³/mol. The number of benzene rings is 2. The van der Waals surface area contributed by atoms with E-state index in [4.69, 9.17) is 9.47 Å². The second-order valence-corrected chi connectivity index (χ2v) is 4.61. The minimum absolute atomic E-state index is 0.0265. The Labute approximate surface area is 137 Å². The fourth-order valence-electron chi connectivity index (χ4n) is 1.90. The summed E-state index contributed by atoms with van der Waals surface area (Å²) in [6, 6.07) is 10.8. The third kappa shape index (κ3) is 4.07. The first-order valence-corrected chi connectivity index (χ1v) is 6.85. The van der Waals surface area contributed by atoms with E-state index in [1.807, 2.05) is 0 Å². The Morgan fingerprint density at radius 2 is 1.88 bits per heavy atom. The summed E-state index contributed by atoms with van der Waals surface area (Å²) < 4.78 is 10.1. The molecule has 0 saturated carbocycles. The molecule has 0 aliphatic heterocycles. The van der Waals surface area contributed by atoms with E-state index in [-0.39, 0.29) is 17.0 Å². The molecule has 0 bridgehead atoms. The molecule has 0 unspecified atom stereocenters. The lowest BCUT2D eigenvalue weighted by Crippen LogP contribution is -2.18. The lowest BCUT2D eigenvalue weighted by molar-refractivity contribution is -0.384. The molecule has 8 heteroatoms. The summed E-state index contributed by atoms with van der Waals surface area (Å²) in [4.78, 5) is 22.4. The van der Waals surface area contributed by atoms with Crippen molar-refractivity contribution in [1.29, 1.82) is 0 Å². The van der Waals surface area contributed by atoms with Crippen LogP contribution in [0.2, 0.25) is 0 Å². The lowest BCUT2D eigenvalue weighted by Gasteiger charge is -2.06. The Kier molecular flexibility index (Phi) is 5.45. The summed E-state index contributed by atoms with van der Waals surface area (Å²) in [5, 5.41) is 14.7. The van der Waals surface area contributed by atoms with Crippen LogP contribution in [0, 0.1) is 10.1 Å². The Hall–Kier alpha value is -3.42. The van der Waals surface area contributed by atoms with Gasteiger partial charge < -0.3 is 9.47 Å². The van der Waals surface area contributed by atoms with E-state index >= 15 is 0 Å². The van der Waals surface area contributed by atoms with Crippen molar-refractivity contribution in [2.45, 2.75) is 0 Å². The molecule has 0 saturated heterocycles. The molecule has 1 N–H and O–H groups in total. The molecule has 0 heterocycles. The normalized spacial score (nSPS) is 10.4. The molecule has 2 aromatic carbocycles. The van der Waals surface area contributed by atoms with Crippen LogP contribution >= 0.6 is 0 Å². The van der Waals surface area contributed by atoms with E-state index in [9.17, 15) is 14.9 Å². The molecule has 24 heavy (non-hydrogen) atoms. The molecular weight excluding hydrogens is 314 g/mol. The van der Waals surface area contributed by atoms with E-state index in [1.165, 1.54) is 25.5 Å². The molecule has 1 amide bonds. The van der Waals surface area contributed by atoms with Crippen molar-refractivity contribution in [2.24, 2.45) is 5.10 Å². The van der Waals surface area contributed by atoms with Gasteiger partial charge in [-0.1, -0.05) is 0 Å². The number of hydrazone groups is 1. The highest BCUT2D eigenvalue weighted by Gasteiger charge is 2.17. The van der Waals surface area contributed by atoms with Gasteiger partial charge in [-0.15, -0.1) is 0 Å². The zero-order chi connectivity index (χ0) is 17.5. The number of hydrogen-bond donors (Lipinski definition) is 1. The van der Waals surface area contributed by atoms with Crippen molar-refractivity contribution < 1.29 is 19.2 Å². The van der Waals surface area contributed by atoms with Gasteiger partial charge in [-0.2, -0.15) is 5.10 Å². The van der Waals surface area contributed by atoms with Gasteiger partial charge in [0, 0.05) is 12.1 Å². The molecule has 0 radical (unpaired) electrons. The third-order valence-electron chi connectivity index (χ3n) is 3.13. The summed E-state index contributed by atoms with van der Waals surface area (Å²) in [6.45, 7) is 0. The number of nitro groups is 1. The number of carbonyl (C=O) groups excluding carboxylic acids is 1. The quantitative estimate of drug-likeness (QED) is 0.498. The molecule has 0 atom stereocenters. The molecule has 0 aromatic heterocycles. The number of non-ortho nitro benzene ring substituents is 1. The van der Waals surface area contributed by atoms with Gasteiger partial charge in [0.2, 0.25) is 0 Å². The molecule has 124 valence electrons. The summed E-state index contributed by atoms with van der Waals surface area (Å²) in [5.41, 5.74) is 2.88. The summed E-state index contributed by atoms with van der Waals surface area (Å²) >= 11 is 0. The highest BCUT2D eigenvalue weighted by atomic mass is 16.6. The number of amides is 1. The van der Waals surface area contributed by atoms with Crippen molar-refractivity contribution in [3.05, 3.63) is 63.7 Å². The maximum Gasteiger partial charge on any atom is 0.275 e. The van der Waals surface area contributed by atoms with Crippen molar-refractivity contribution in [3.63, 3.8) is 0 Å². The minimum atomic E-state index is -0.611. The Morgan fingerprint density at radius 3 is 2.46 bits per heavy atom. The van der Waals surface area contributed by atoms with Gasteiger partial charge in [-0.05, 0) is 35.9 Å². The molecule has 0 aliphatic carbocycles. The van der Waals surface area contributed by atoms with Gasteiger partial charge in [0.05, 0.1) is 30.9 Å². The average molecular weight is 329 g/mol. The van der Waals surface area contributed by atoms with Crippen LogP contribution in [0.15, 0.2) is 47.6 Å². The van der Waals surface area contributed by atoms with Crippen LogP contribution in [0.25, 0.3) is 0 Å². The monoisotopic (exact) mass is 329 g/mol. The summed E-state index contributed by atoms with van der Waals surface area (Å²) in [5.74, 6) is 0.315. The van der Waals surface area contributed by atoms with Crippen molar-refractivity contribution >= 4 is 17.8 Å². The maximum atomic E-state index is 12.1. The topological polar surface area (TPSA) is 103 Å². The standard InChI is InChI=1S/C16H15N3O5/c1-23-13-6-3-11(4-7-13)10-17-18-16(20)14-9-12(19(21)22)5-8-15(14)24-2/h3-10H,1-2H3,(H,18,20)/b17-10-. The van der Waals surface area contributed by atoms with Crippen LogP contribution < -0.4 is 14.9 Å². The number of nitrogens with zero attached hydrogens (tertiary/aromatic N) is 2. The Bertz CT molecular complexity index is 772. The van der Waals surface area contributed by atoms with Crippen LogP contribution in [0.4, 0.5) is 5.69 Å². The number of nitrogens with one attached hydrogen (secondary N) is 1. The van der Waals surface area contributed by atoms with Crippen molar-refractivity contribution in [3.8, 4) is 11.5 Å². The summed E-state index contributed by atoms with van der Waals surface area (Å²) in [6.07, 6.45) is 1.45. The largest absolute Gasteiger partial charge is 0.497 e. The minimum Gasteiger partial charge on any atom is -0.497 e. The fraction of sp³-hybridized carbons (Fsp3) is 0.125. The van der Waals surface area contributed by atoms with Crippen molar-refractivity contribution in [1.82, 2.24) is 5.43 Å². The van der Waals surface area contributed by atoms with Gasteiger partial charge in [-0.3, -0.25) is 14.9 Å². The number of hydrogen-bond acceptors (Lipinski definition) is 6. The van der Waals surface area contributed by atoms with E-state index < -0.39 is 10.8 Å². The Balaban J connectivity index is 2.12. The fourth-order valence-corrected chi connectivity index (χ4v) is 1.90. The first-order valence-electron chi connectivity index (χ1n) is 6.85. The highest BCUT2D eigenvalue weighted by Crippen LogP contribution is 2.23. The molecule has 8 nitrogen and oxygen atoms in total. The van der Waals surface area contributed by atoms with Crippen LogP contribution in [-0.4, -0.2) is 31.3 Å². The molecule has 2 aromatic rings. The van der Waals surface area contributed by atoms with Crippen LogP contribution in [0.1, 0.15) is 15.9 Å². The second kappa shape index (κ2) is 7.73. The SMILES string of the molecule is COc1ccc(/C=N\NC(=O)c2cc([N+](=O)[O-])ccc2OC)cc1. The predicted octanol–water partition coefficient (Wildman–Crippen LogP) is 2.38. The van der Waals surface area contributed by atoms with Gasteiger partial charge in [-0.25, -0.2) is 5.43 Å². The van der Waals surface area contributed by atoms with E-state index in [0.29, 0.717) is 5.75 Å². The number of carbonyl (C=O) groups is 1. The molecule has 2 rings (SSSR count). The molecular formula is C16H15N3O5. The smallest absolute Gasteiger partial charge is 0.275 e. The van der Waals surface area contributed by atoms with Gasteiger partial charge in [0.15, 0.2) is 0 Å². The summed E-state index contributed by atoms with van der Waals surface area (Å²) in [7, 11) is 2.94.